The third-order valence-electron chi connectivity index (χ3n) is 4.24. The third kappa shape index (κ3) is 3.74. The average molecular weight is 310 g/mol. The predicted octanol–water partition coefficient (Wildman–Crippen LogP) is 2.05. The molecule has 0 spiro atoms. The fourth-order valence-electron chi connectivity index (χ4n) is 2.91. The molecule has 0 saturated carbocycles. The first-order chi connectivity index (χ1) is 11.1. The zero-order valence-electron chi connectivity index (χ0n) is 13.7. The molecule has 0 unspecified atom stereocenters. The highest BCUT2D eigenvalue weighted by Gasteiger charge is 2.23. The topological polar surface area (TPSA) is 49.3 Å². The van der Waals surface area contributed by atoms with Crippen LogP contribution in [0.1, 0.15) is 27.4 Å². The van der Waals surface area contributed by atoms with Crippen LogP contribution in [0.2, 0.25) is 0 Å². The quantitative estimate of drug-likeness (QED) is 0.870. The van der Waals surface area contributed by atoms with Crippen molar-refractivity contribution in [1.82, 2.24) is 19.8 Å². The van der Waals surface area contributed by atoms with Crippen molar-refractivity contribution in [1.29, 1.82) is 0 Å². The molecule has 0 N–H and O–H groups in total. The Morgan fingerprint density at radius 1 is 1.09 bits per heavy atom. The molecule has 1 fully saturated rings. The van der Waals surface area contributed by atoms with Crippen LogP contribution in [0.3, 0.4) is 0 Å². The minimum Gasteiger partial charge on any atom is -0.336 e. The highest BCUT2D eigenvalue weighted by atomic mass is 16.2. The van der Waals surface area contributed by atoms with E-state index < -0.39 is 0 Å². The maximum absolute atomic E-state index is 12.6. The van der Waals surface area contributed by atoms with Gasteiger partial charge in [0.05, 0.1) is 11.3 Å². The lowest BCUT2D eigenvalue weighted by Crippen LogP contribution is -2.48. The standard InChI is InChI=1S/C18H22N4O/c1-14-17(12-19-15(2)20-14)18(23)22-10-8-21(9-11-22)13-16-6-4-3-5-7-16/h3-7,12H,8-11,13H2,1-2H3. The Hall–Kier alpha value is -2.27. The van der Waals surface area contributed by atoms with Crippen LogP contribution in [0.5, 0.6) is 0 Å². The van der Waals surface area contributed by atoms with E-state index in [1.807, 2.05) is 24.8 Å². The van der Waals surface area contributed by atoms with Gasteiger partial charge >= 0.3 is 0 Å². The van der Waals surface area contributed by atoms with Gasteiger partial charge in [-0.2, -0.15) is 0 Å². The third-order valence-corrected chi connectivity index (χ3v) is 4.24. The molecule has 0 atom stereocenters. The molecule has 1 aromatic heterocycles. The van der Waals surface area contributed by atoms with Gasteiger partial charge in [0.25, 0.3) is 5.91 Å². The second-order valence-corrected chi connectivity index (χ2v) is 5.97. The van der Waals surface area contributed by atoms with Crippen LogP contribution in [0.4, 0.5) is 0 Å². The Morgan fingerprint density at radius 2 is 1.78 bits per heavy atom. The van der Waals surface area contributed by atoms with Gasteiger partial charge in [-0.1, -0.05) is 30.3 Å². The summed E-state index contributed by atoms with van der Waals surface area (Å²) in [4.78, 5) is 25.4. The highest BCUT2D eigenvalue weighted by molar-refractivity contribution is 5.95. The monoisotopic (exact) mass is 310 g/mol. The molecule has 2 heterocycles. The molecule has 1 saturated heterocycles. The number of benzene rings is 1. The number of carbonyl (C=O) groups excluding carboxylic acids is 1. The van der Waals surface area contributed by atoms with Crippen molar-refractivity contribution in [3.05, 3.63) is 59.2 Å². The summed E-state index contributed by atoms with van der Waals surface area (Å²) in [6.07, 6.45) is 1.65. The van der Waals surface area contributed by atoms with Crippen LogP contribution in [0.15, 0.2) is 36.5 Å². The normalized spacial score (nSPS) is 15.7. The molecule has 1 aromatic carbocycles. The van der Waals surface area contributed by atoms with Gasteiger partial charge in [0.1, 0.15) is 5.82 Å². The number of nitrogens with zero attached hydrogens (tertiary/aromatic N) is 4. The molecule has 0 radical (unpaired) electrons. The van der Waals surface area contributed by atoms with Gasteiger partial charge in [-0.15, -0.1) is 0 Å². The van der Waals surface area contributed by atoms with Crippen LogP contribution in [0, 0.1) is 13.8 Å². The van der Waals surface area contributed by atoms with Crippen molar-refractivity contribution in [2.45, 2.75) is 20.4 Å². The molecule has 5 nitrogen and oxygen atoms in total. The Kier molecular flexibility index (Phi) is 4.67. The molecule has 1 amide bonds. The number of aromatic nitrogens is 2. The summed E-state index contributed by atoms with van der Waals surface area (Å²) in [5.41, 5.74) is 2.69. The molecule has 1 aliphatic heterocycles. The average Bonchev–Trinajstić information content (AvgIpc) is 2.56. The Morgan fingerprint density at radius 3 is 2.43 bits per heavy atom. The van der Waals surface area contributed by atoms with E-state index in [4.69, 9.17) is 0 Å². The Balaban J connectivity index is 1.59. The number of aryl methyl sites for hydroxylation is 2. The first-order valence-corrected chi connectivity index (χ1v) is 7.99. The van der Waals surface area contributed by atoms with Crippen LogP contribution in [-0.4, -0.2) is 51.9 Å². The van der Waals surface area contributed by atoms with Crippen LogP contribution in [0.25, 0.3) is 0 Å². The number of hydrogen-bond acceptors (Lipinski definition) is 4. The summed E-state index contributed by atoms with van der Waals surface area (Å²) in [5.74, 6) is 0.744. The largest absolute Gasteiger partial charge is 0.336 e. The van der Waals surface area contributed by atoms with Gasteiger partial charge in [-0.3, -0.25) is 9.69 Å². The smallest absolute Gasteiger partial charge is 0.257 e. The minimum absolute atomic E-state index is 0.0434. The fraction of sp³-hybridized carbons (Fsp3) is 0.389. The van der Waals surface area contributed by atoms with E-state index in [1.54, 1.807) is 6.20 Å². The molecule has 5 heteroatoms. The fourth-order valence-corrected chi connectivity index (χ4v) is 2.91. The van der Waals surface area contributed by atoms with Crippen LogP contribution >= 0.6 is 0 Å². The minimum atomic E-state index is 0.0434. The molecule has 0 bridgehead atoms. The number of amides is 1. The SMILES string of the molecule is Cc1ncc(C(=O)N2CCN(Cc3ccccc3)CC2)c(C)n1. The molecule has 23 heavy (non-hydrogen) atoms. The summed E-state index contributed by atoms with van der Waals surface area (Å²) < 4.78 is 0. The van der Waals surface area contributed by atoms with Crippen molar-refractivity contribution in [2.24, 2.45) is 0 Å². The van der Waals surface area contributed by atoms with Gasteiger partial charge in [0.2, 0.25) is 0 Å². The van der Waals surface area contributed by atoms with Gasteiger partial charge in [-0.25, -0.2) is 9.97 Å². The molecular formula is C18H22N4O. The summed E-state index contributed by atoms with van der Waals surface area (Å²) >= 11 is 0. The van der Waals surface area contributed by atoms with Crippen molar-refractivity contribution >= 4 is 5.91 Å². The molecule has 3 rings (SSSR count). The molecule has 0 aliphatic carbocycles. The van der Waals surface area contributed by atoms with Crippen molar-refractivity contribution < 1.29 is 4.79 Å². The zero-order valence-corrected chi connectivity index (χ0v) is 13.7. The first-order valence-electron chi connectivity index (χ1n) is 7.99. The summed E-state index contributed by atoms with van der Waals surface area (Å²) in [6, 6.07) is 10.5. The number of hydrogen-bond donors (Lipinski definition) is 0. The molecule has 120 valence electrons. The summed E-state index contributed by atoms with van der Waals surface area (Å²) in [7, 11) is 0. The predicted molar refractivity (Wildman–Crippen MR) is 89.1 cm³/mol. The summed E-state index contributed by atoms with van der Waals surface area (Å²) in [6.45, 7) is 7.93. The van der Waals surface area contributed by atoms with Crippen LogP contribution in [-0.2, 0) is 6.54 Å². The van der Waals surface area contributed by atoms with E-state index in [0.29, 0.717) is 11.4 Å². The number of piperazine rings is 1. The number of carbonyl (C=O) groups is 1. The summed E-state index contributed by atoms with van der Waals surface area (Å²) in [5, 5.41) is 0. The van der Waals surface area contributed by atoms with E-state index in [-0.39, 0.29) is 5.91 Å². The second kappa shape index (κ2) is 6.87. The molecule has 2 aromatic rings. The first kappa shape index (κ1) is 15.6. The zero-order chi connectivity index (χ0) is 16.2. The maximum atomic E-state index is 12.6. The maximum Gasteiger partial charge on any atom is 0.257 e. The van der Waals surface area contributed by atoms with Crippen molar-refractivity contribution in [3.8, 4) is 0 Å². The van der Waals surface area contributed by atoms with E-state index in [9.17, 15) is 4.79 Å². The van der Waals surface area contributed by atoms with E-state index >= 15 is 0 Å². The molecular weight excluding hydrogens is 288 g/mol. The van der Waals surface area contributed by atoms with Crippen molar-refractivity contribution in [2.75, 3.05) is 26.2 Å². The van der Waals surface area contributed by atoms with Gasteiger partial charge in [0.15, 0.2) is 0 Å². The van der Waals surface area contributed by atoms with Gasteiger partial charge in [0, 0.05) is 38.9 Å². The van der Waals surface area contributed by atoms with E-state index in [2.05, 4.69) is 39.1 Å². The Bertz CT molecular complexity index is 679. The molecule has 1 aliphatic rings. The van der Waals surface area contributed by atoms with E-state index in [1.165, 1.54) is 5.56 Å². The lowest BCUT2D eigenvalue weighted by atomic mass is 10.1. The Labute approximate surface area is 137 Å². The number of rotatable bonds is 3. The van der Waals surface area contributed by atoms with Gasteiger partial charge in [-0.05, 0) is 19.4 Å². The lowest BCUT2D eigenvalue weighted by Gasteiger charge is -2.34. The second-order valence-electron chi connectivity index (χ2n) is 5.97. The van der Waals surface area contributed by atoms with Crippen molar-refractivity contribution in [3.63, 3.8) is 0 Å². The van der Waals surface area contributed by atoms with Gasteiger partial charge < -0.3 is 4.90 Å². The van der Waals surface area contributed by atoms with Crippen LogP contribution < -0.4 is 0 Å². The lowest BCUT2D eigenvalue weighted by molar-refractivity contribution is 0.0627. The highest BCUT2D eigenvalue weighted by Crippen LogP contribution is 2.13. The van der Waals surface area contributed by atoms with E-state index in [0.717, 1.165) is 38.4 Å².